The molecule has 0 bridgehead atoms. The van der Waals surface area contributed by atoms with E-state index in [1.807, 2.05) is 0 Å². The van der Waals surface area contributed by atoms with Gasteiger partial charge < -0.3 is 10.6 Å². The summed E-state index contributed by atoms with van der Waals surface area (Å²) in [5.41, 5.74) is -1.02. The maximum Gasteiger partial charge on any atom is 0.416 e. The third-order valence-electron chi connectivity index (χ3n) is 3.54. The van der Waals surface area contributed by atoms with Gasteiger partial charge in [0.1, 0.15) is 0 Å². The van der Waals surface area contributed by atoms with Gasteiger partial charge in [-0.25, -0.2) is 8.78 Å². The van der Waals surface area contributed by atoms with Crippen LogP contribution in [0.2, 0.25) is 0 Å². The first-order chi connectivity index (χ1) is 11.3. The molecule has 0 radical (unpaired) electrons. The second-order valence-corrected chi connectivity index (χ2v) is 6.52. The van der Waals surface area contributed by atoms with Crippen molar-refractivity contribution in [3.8, 4) is 0 Å². The van der Waals surface area contributed by atoms with Gasteiger partial charge in [0.05, 0.1) is 17.0 Å². The number of hydrogen-bond donors (Lipinski definition) is 2. The largest absolute Gasteiger partial charge is 0.416 e. The van der Waals surface area contributed by atoms with Crippen LogP contribution < -0.4 is 10.6 Å². The van der Waals surface area contributed by atoms with Gasteiger partial charge in [-0.1, -0.05) is 0 Å². The van der Waals surface area contributed by atoms with Crippen molar-refractivity contribution < 1.29 is 26.7 Å². The molecule has 2 N–H and O–H groups in total. The van der Waals surface area contributed by atoms with Gasteiger partial charge in [-0.05, 0) is 37.6 Å². The molecule has 0 spiro atoms. The molecule has 1 amide bonds. The fourth-order valence-electron chi connectivity index (χ4n) is 2.44. The van der Waals surface area contributed by atoms with Crippen molar-refractivity contribution in [2.45, 2.75) is 42.8 Å². The molecule has 1 atom stereocenters. The first-order valence-electron chi connectivity index (χ1n) is 7.41. The number of thioether (sulfide) groups is 1. The Morgan fingerprint density at radius 1 is 1.36 bits per heavy atom. The number of amides is 1. The highest BCUT2D eigenvalue weighted by Gasteiger charge is 2.31. The topological polar surface area (TPSA) is 41.1 Å². The molecule has 10 heteroatoms. The highest BCUT2D eigenvalue weighted by Crippen LogP contribution is 2.36. The molecule has 0 aliphatic carbocycles. The van der Waals surface area contributed by atoms with Crippen molar-refractivity contribution in [1.29, 1.82) is 0 Å². The van der Waals surface area contributed by atoms with Crippen LogP contribution in [0.5, 0.6) is 0 Å². The average molecular weight is 405 g/mol. The minimum Gasteiger partial charge on any atom is -0.325 e. The third kappa shape index (κ3) is 6.99. The lowest BCUT2D eigenvalue weighted by atomic mass is 10.1. The second-order valence-electron chi connectivity index (χ2n) is 5.46. The van der Waals surface area contributed by atoms with E-state index in [1.54, 1.807) is 0 Å². The lowest BCUT2D eigenvalue weighted by Crippen LogP contribution is -2.27. The van der Waals surface area contributed by atoms with Crippen LogP contribution in [0.3, 0.4) is 0 Å². The lowest BCUT2D eigenvalue weighted by Gasteiger charge is -2.15. The minimum absolute atomic E-state index is 0. The standard InChI is InChI=1S/C15H17F5N2OS.ClH/c16-13(17)8-24-12-4-3-9(15(18,19)20)6-11(12)22-14(23)7-10-2-1-5-21-10;/h3-4,6,10,13,21H,1-2,5,7-8H2,(H,22,23);1H. The number of hydrogen-bond acceptors (Lipinski definition) is 3. The predicted octanol–water partition coefficient (Wildman–Crippen LogP) is 4.57. The van der Waals surface area contributed by atoms with Crippen LogP contribution in [-0.4, -0.2) is 30.7 Å². The number of alkyl halides is 5. The summed E-state index contributed by atoms with van der Waals surface area (Å²) in [6.45, 7) is 0.803. The Morgan fingerprint density at radius 3 is 2.64 bits per heavy atom. The molecule has 1 aliphatic heterocycles. The predicted molar refractivity (Wildman–Crippen MR) is 89.7 cm³/mol. The number of anilines is 1. The Bertz CT molecular complexity index is 580. The zero-order valence-corrected chi connectivity index (χ0v) is 14.7. The van der Waals surface area contributed by atoms with Crippen LogP contribution in [0, 0.1) is 0 Å². The highest BCUT2D eigenvalue weighted by atomic mass is 35.5. The van der Waals surface area contributed by atoms with E-state index in [9.17, 15) is 26.7 Å². The minimum atomic E-state index is -4.57. The van der Waals surface area contributed by atoms with Gasteiger partial charge in [-0.15, -0.1) is 24.2 Å². The summed E-state index contributed by atoms with van der Waals surface area (Å²) in [7, 11) is 0. The Balaban J connectivity index is 0.00000312. The van der Waals surface area contributed by atoms with Gasteiger partial charge >= 0.3 is 6.18 Å². The van der Waals surface area contributed by atoms with Crippen LogP contribution >= 0.6 is 24.2 Å². The van der Waals surface area contributed by atoms with Crippen molar-refractivity contribution in [3.05, 3.63) is 23.8 Å². The van der Waals surface area contributed by atoms with Crippen LogP contribution in [0.25, 0.3) is 0 Å². The Morgan fingerprint density at radius 2 is 2.08 bits per heavy atom. The normalized spacial score (nSPS) is 17.4. The summed E-state index contributed by atoms with van der Waals surface area (Å²) >= 11 is 0.712. The number of nitrogens with one attached hydrogen (secondary N) is 2. The highest BCUT2D eigenvalue weighted by molar-refractivity contribution is 7.99. The van der Waals surface area contributed by atoms with Crippen molar-refractivity contribution in [2.75, 3.05) is 17.6 Å². The van der Waals surface area contributed by atoms with Crippen molar-refractivity contribution in [2.24, 2.45) is 0 Å². The first-order valence-corrected chi connectivity index (χ1v) is 8.39. The van der Waals surface area contributed by atoms with Gasteiger partial charge in [-0.3, -0.25) is 4.79 Å². The molecular weight excluding hydrogens is 387 g/mol. The quantitative estimate of drug-likeness (QED) is 0.539. The summed E-state index contributed by atoms with van der Waals surface area (Å²) in [6, 6.07) is 2.71. The van der Waals surface area contributed by atoms with E-state index in [2.05, 4.69) is 10.6 Å². The van der Waals surface area contributed by atoms with E-state index >= 15 is 0 Å². The molecule has 1 heterocycles. The first kappa shape index (κ1) is 22.0. The maximum atomic E-state index is 12.8. The molecule has 1 fully saturated rings. The number of halogens is 6. The van der Waals surface area contributed by atoms with E-state index in [0.717, 1.165) is 37.6 Å². The molecule has 1 aromatic rings. The van der Waals surface area contributed by atoms with Crippen molar-refractivity contribution in [3.63, 3.8) is 0 Å². The molecule has 2 rings (SSSR count). The maximum absolute atomic E-state index is 12.8. The Hall–Kier alpha value is -1.06. The molecule has 1 saturated heterocycles. The van der Waals surface area contributed by atoms with Crippen molar-refractivity contribution in [1.82, 2.24) is 5.32 Å². The molecule has 3 nitrogen and oxygen atoms in total. The summed E-state index contributed by atoms with van der Waals surface area (Å²) in [5.74, 6) is -0.995. The smallest absolute Gasteiger partial charge is 0.325 e. The van der Waals surface area contributed by atoms with E-state index in [4.69, 9.17) is 0 Å². The molecule has 0 aromatic heterocycles. The molecular formula is C15H18ClF5N2OS. The van der Waals surface area contributed by atoms with Gasteiger partial charge in [0.25, 0.3) is 0 Å². The van der Waals surface area contributed by atoms with Crippen LogP contribution in [0.4, 0.5) is 27.6 Å². The zero-order valence-electron chi connectivity index (χ0n) is 13.0. The number of carbonyl (C=O) groups excluding carboxylic acids is 1. The van der Waals surface area contributed by atoms with Gasteiger partial charge in [0.15, 0.2) is 0 Å². The monoisotopic (exact) mass is 404 g/mol. The number of rotatable bonds is 6. The van der Waals surface area contributed by atoms with Crippen LogP contribution in [0.15, 0.2) is 23.1 Å². The fraction of sp³-hybridized carbons (Fsp3) is 0.533. The molecule has 1 aromatic carbocycles. The van der Waals surface area contributed by atoms with E-state index in [-0.39, 0.29) is 35.5 Å². The second kappa shape index (κ2) is 9.59. The summed E-state index contributed by atoms with van der Waals surface area (Å²) in [4.78, 5) is 12.2. The number of benzene rings is 1. The molecule has 0 saturated carbocycles. The Kier molecular flexibility index (Phi) is 8.43. The van der Waals surface area contributed by atoms with E-state index in [1.165, 1.54) is 0 Å². The molecule has 1 aliphatic rings. The van der Waals surface area contributed by atoms with Crippen molar-refractivity contribution >= 4 is 35.8 Å². The number of carbonyl (C=O) groups is 1. The molecule has 142 valence electrons. The SMILES string of the molecule is Cl.O=C(CC1CCCN1)Nc1cc(C(F)(F)F)ccc1SCC(F)F. The third-order valence-corrected chi connectivity index (χ3v) is 4.63. The molecule has 1 unspecified atom stereocenters. The van der Waals surface area contributed by atoms with Crippen LogP contribution in [0.1, 0.15) is 24.8 Å². The Labute approximate surface area is 152 Å². The zero-order chi connectivity index (χ0) is 17.7. The lowest BCUT2D eigenvalue weighted by molar-refractivity contribution is -0.137. The van der Waals surface area contributed by atoms with E-state index < -0.39 is 29.8 Å². The molecule has 25 heavy (non-hydrogen) atoms. The van der Waals surface area contributed by atoms with Crippen LogP contribution in [-0.2, 0) is 11.0 Å². The van der Waals surface area contributed by atoms with E-state index in [0.29, 0.717) is 11.8 Å². The average Bonchev–Trinajstić information content (AvgIpc) is 2.97. The summed E-state index contributed by atoms with van der Waals surface area (Å²) < 4.78 is 63.2. The van der Waals surface area contributed by atoms with Gasteiger partial charge in [0.2, 0.25) is 12.3 Å². The summed E-state index contributed by atoms with van der Waals surface area (Å²) in [6.07, 6.45) is -5.27. The summed E-state index contributed by atoms with van der Waals surface area (Å²) in [5, 5.41) is 5.55. The van der Waals surface area contributed by atoms with Gasteiger partial charge in [0, 0.05) is 17.4 Å². The fourth-order valence-corrected chi connectivity index (χ4v) is 3.17. The van der Waals surface area contributed by atoms with Gasteiger partial charge in [-0.2, -0.15) is 13.2 Å².